The minimum absolute atomic E-state index is 0.0943. The zero-order valence-corrected chi connectivity index (χ0v) is 43.6. The first-order valence-electron chi connectivity index (χ1n) is 27.1. The van der Waals surface area contributed by atoms with Crippen LogP contribution in [0.25, 0.3) is 0 Å². The Morgan fingerprint density at radius 2 is 0.848 bits per heavy atom. The Kier molecular flexibility index (Phi) is 51.7. The van der Waals surface area contributed by atoms with E-state index in [1.165, 1.54) is 128 Å². The van der Waals surface area contributed by atoms with Crippen LogP contribution in [-0.4, -0.2) is 49.9 Å². The van der Waals surface area contributed by atoms with Crippen molar-refractivity contribution in [3.05, 3.63) is 85.1 Å². The molecule has 0 aromatic rings. The number of phosphoric acid groups is 1. The highest BCUT2D eigenvalue weighted by atomic mass is 31.2. The summed E-state index contributed by atoms with van der Waals surface area (Å²) in [6.07, 6.45) is 70.5. The lowest BCUT2D eigenvalue weighted by Gasteiger charge is -2.20. The van der Waals surface area contributed by atoms with E-state index in [0.717, 1.165) is 83.5 Å². The van der Waals surface area contributed by atoms with Crippen molar-refractivity contribution in [3.63, 3.8) is 0 Å². The first kappa shape index (κ1) is 63.7. The molecule has 0 heterocycles. The summed E-state index contributed by atoms with van der Waals surface area (Å²) in [6.45, 7) is 4.79. The quantitative estimate of drug-likeness (QED) is 0.0268. The first-order valence-corrected chi connectivity index (χ1v) is 28.6. The zero-order valence-electron chi connectivity index (χ0n) is 42.7. The standard InChI is InChI=1S/C57H102NO7P/c1-3-5-7-9-11-13-15-17-19-21-23-25-26-27-28-29-31-33-35-37-39-41-43-45-47-49-52-62-54-56(55-64-66(60,61)63-53-51-58)65-57(59)50-48-46-44-42-40-38-36-34-32-30-24-22-20-18-16-14-12-10-8-6-4-2/h5,7,11,13,16-19,22-25,32,34,56H,3-4,6,8-10,12,14-15,20-21,26-31,33,35-55,58H2,1-2H3,(H,60,61)/b7-5-,13-11-,18-16-,19-17-,24-22-,25-23-,34-32-. The van der Waals surface area contributed by atoms with Crippen molar-refractivity contribution < 1.29 is 32.8 Å². The Labute approximate surface area is 407 Å². The summed E-state index contributed by atoms with van der Waals surface area (Å²) in [7, 11) is -4.29. The molecule has 0 saturated heterocycles. The fourth-order valence-corrected chi connectivity index (χ4v) is 8.11. The third-order valence-corrected chi connectivity index (χ3v) is 12.3. The second-order valence-corrected chi connectivity index (χ2v) is 19.2. The second-order valence-electron chi connectivity index (χ2n) is 17.7. The highest BCUT2D eigenvalue weighted by Gasteiger charge is 2.25. The van der Waals surface area contributed by atoms with Crippen LogP contribution in [0.15, 0.2) is 85.1 Å². The highest BCUT2D eigenvalue weighted by Crippen LogP contribution is 2.43. The van der Waals surface area contributed by atoms with Gasteiger partial charge in [-0.3, -0.25) is 13.8 Å². The van der Waals surface area contributed by atoms with Crippen LogP contribution in [0.4, 0.5) is 0 Å². The smallest absolute Gasteiger partial charge is 0.457 e. The van der Waals surface area contributed by atoms with Crippen LogP contribution in [0.1, 0.15) is 232 Å². The van der Waals surface area contributed by atoms with E-state index in [-0.39, 0.29) is 32.3 Å². The summed E-state index contributed by atoms with van der Waals surface area (Å²) >= 11 is 0. The molecule has 9 heteroatoms. The number of nitrogens with two attached hydrogens (primary N) is 1. The molecule has 2 atom stereocenters. The Morgan fingerprint density at radius 3 is 1.27 bits per heavy atom. The van der Waals surface area contributed by atoms with Crippen molar-refractivity contribution in [2.24, 2.45) is 5.73 Å². The minimum atomic E-state index is -4.29. The Bertz CT molecular complexity index is 1290. The molecule has 0 bridgehead atoms. The van der Waals surface area contributed by atoms with Gasteiger partial charge in [0, 0.05) is 19.6 Å². The van der Waals surface area contributed by atoms with Crippen LogP contribution in [0.5, 0.6) is 0 Å². The van der Waals surface area contributed by atoms with Gasteiger partial charge in [0.15, 0.2) is 0 Å². The number of ether oxygens (including phenoxy) is 2. The molecular formula is C57H102NO7P. The van der Waals surface area contributed by atoms with Gasteiger partial charge >= 0.3 is 13.8 Å². The molecule has 8 nitrogen and oxygen atoms in total. The summed E-state index contributed by atoms with van der Waals surface area (Å²) in [6, 6.07) is 0. The normalized spacial score (nSPS) is 13.9. The summed E-state index contributed by atoms with van der Waals surface area (Å²) in [4.78, 5) is 22.6. The molecule has 0 rings (SSSR count). The zero-order chi connectivity index (χ0) is 48.0. The lowest BCUT2D eigenvalue weighted by Crippen LogP contribution is -2.28. The highest BCUT2D eigenvalue weighted by molar-refractivity contribution is 7.47. The van der Waals surface area contributed by atoms with Gasteiger partial charge in [0.2, 0.25) is 0 Å². The summed E-state index contributed by atoms with van der Waals surface area (Å²) in [5.41, 5.74) is 5.40. The van der Waals surface area contributed by atoms with E-state index in [1.54, 1.807) is 0 Å². The molecule has 3 N–H and O–H groups in total. The third kappa shape index (κ3) is 52.6. The van der Waals surface area contributed by atoms with Crippen molar-refractivity contribution in [1.29, 1.82) is 0 Å². The van der Waals surface area contributed by atoms with E-state index in [4.69, 9.17) is 24.3 Å². The average Bonchev–Trinajstić information content (AvgIpc) is 3.31. The second kappa shape index (κ2) is 53.6. The van der Waals surface area contributed by atoms with Crippen molar-refractivity contribution in [2.45, 2.75) is 238 Å². The van der Waals surface area contributed by atoms with E-state index < -0.39 is 13.9 Å². The number of hydrogen-bond donors (Lipinski definition) is 2. The third-order valence-electron chi connectivity index (χ3n) is 11.3. The molecular weight excluding hydrogens is 842 g/mol. The van der Waals surface area contributed by atoms with Crippen LogP contribution in [-0.2, 0) is 27.9 Å². The van der Waals surface area contributed by atoms with Gasteiger partial charge in [-0.15, -0.1) is 0 Å². The SMILES string of the molecule is CC/C=C\C/C=C\C/C=C\C/C=C\CCCCCCCCCCCCCCCOCC(COP(=O)(O)OCCN)OC(=O)CCCCCCCC/C=C\C/C=C\C/C=C\CCCCCCC. The predicted molar refractivity (Wildman–Crippen MR) is 284 cm³/mol. The Morgan fingerprint density at radius 1 is 0.470 bits per heavy atom. The number of allylic oxidation sites excluding steroid dienone is 14. The molecule has 0 amide bonds. The van der Waals surface area contributed by atoms with Gasteiger partial charge in [-0.1, -0.05) is 221 Å². The maximum absolute atomic E-state index is 12.7. The molecule has 0 spiro atoms. The van der Waals surface area contributed by atoms with Gasteiger partial charge in [0.05, 0.1) is 19.8 Å². The monoisotopic (exact) mass is 944 g/mol. The van der Waals surface area contributed by atoms with E-state index in [2.05, 4.69) is 98.9 Å². The maximum atomic E-state index is 12.7. The van der Waals surface area contributed by atoms with E-state index in [0.29, 0.717) is 13.0 Å². The Hall–Kier alpha value is -2.32. The fraction of sp³-hybridized carbons (Fsp3) is 0.737. The summed E-state index contributed by atoms with van der Waals surface area (Å²) < 4.78 is 33.6. The molecule has 0 aliphatic rings. The van der Waals surface area contributed by atoms with Gasteiger partial charge < -0.3 is 20.1 Å². The van der Waals surface area contributed by atoms with Gasteiger partial charge in [-0.2, -0.15) is 0 Å². The molecule has 0 radical (unpaired) electrons. The van der Waals surface area contributed by atoms with Crippen LogP contribution in [0, 0.1) is 0 Å². The topological polar surface area (TPSA) is 117 Å². The average molecular weight is 944 g/mol. The van der Waals surface area contributed by atoms with Crippen LogP contribution >= 0.6 is 7.82 Å². The molecule has 0 aliphatic heterocycles. The maximum Gasteiger partial charge on any atom is 0.472 e. The fourth-order valence-electron chi connectivity index (χ4n) is 7.35. The van der Waals surface area contributed by atoms with Crippen molar-refractivity contribution >= 4 is 13.8 Å². The number of hydrogen-bond acceptors (Lipinski definition) is 7. The number of carbonyl (C=O) groups is 1. The van der Waals surface area contributed by atoms with Gasteiger partial charge in [-0.05, 0) is 89.9 Å². The molecule has 66 heavy (non-hydrogen) atoms. The summed E-state index contributed by atoms with van der Waals surface area (Å²) in [5.74, 6) is -0.343. The number of carbonyl (C=O) groups excluding carboxylic acids is 1. The van der Waals surface area contributed by atoms with Crippen LogP contribution < -0.4 is 5.73 Å². The predicted octanol–water partition coefficient (Wildman–Crippen LogP) is 17.2. The van der Waals surface area contributed by atoms with Gasteiger partial charge in [-0.25, -0.2) is 4.57 Å². The van der Waals surface area contributed by atoms with Crippen molar-refractivity contribution in [3.8, 4) is 0 Å². The molecule has 382 valence electrons. The molecule has 0 fully saturated rings. The van der Waals surface area contributed by atoms with E-state index in [9.17, 15) is 14.3 Å². The number of esters is 1. The molecule has 0 aromatic heterocycles. The summed E-state index contributed by atoms with van der Waals surface area (Å²) in [5, 5.41) is 0. The molecule has 0 aromatic carbocycles. The van der Waals surface area contributed by atoms with Gasteiger partial charge in [0.25, 0.3) is 0 Å². The lowest BCUT2D eigenvalue weighted by molar-refractivity contribution is -0.154. The lowest BCUT2D eigenvalue weighted by atomic mass is 10.0. The van der Waals surface area contributed by atoms with E-state index in [1.807, 2.05) is 0 Å². The number of phosphoric ester groups is 1. The van der Waals surface area contributed by atoms with Crippen molar-refractivity contribution in [1.82, 2.24) is 0 Å². The van der Waals surface area contributed by atoms with Crippen molar-refractivity contribution in [2.75, 3.05) is 33.0 Å². The van der Waals surface area contributed by atoms with E-state index >= 15 is 0 Å². The molecule has 0 aliphatic carbocycles. The molecule has 0 saturated carbocycles. The molecule has 2 unspecified atom stereocenters. The van der Waals surface area contributed by atoms with Gasteiger partial charge in [0.1, 0.15) is 6.10 Å². The largest absolute Gasteiger partial charge is 0.472 e. The van der Waals surface area contributed by atoms with Crippen LogP contribution in [0.3, 0.4) is 0 Å². The number of unbranched alkanes of at least 4 members (excludes halogenated alkanes) is 24. The minimum Gasteiger partial charge on any atom is -0.457 e. The van der Waals surface area contributed by atoms with Crippen LogP contribution in [0.2, 0.25) is 0 Å². The first-order chi connectivity index (χ1) is 32.4. The Balaban J connectivity index is 3.95. The number of rotatable bonds is 51.